The van der Waals surface area contributed by atoms with Crippen LogP contribution in [0.25, 0.3) is 0 Å². The number of rotatable bonds is 2. The van der Waals surface area contributed by atoms with Gasteiger partial charge in [0, 0.05) is 18.8 Å². The monoisotopic (exact) mass is 284 g/mol. The van der Waals surface area contributed by atoms with E-state index in [1.807, 2.05) is 18.7 Å². The lowest BCUT2D eigenvalue weighted by molar-refractivity contribution is -0.00530. The maximum atomic E-state index is 11.4. The highest BCUT2D eigenvalue weighted by atomic mass is 35.5. The number of benzene rings is 1. The molecule has 1 aliphatic rings. The van der Waals surface area contributed by atoms with Crippen LogP contribution in [0.3, 0.4) is 0 Å². The summed E-state index contributed by atoms with van der Waals surface area (Å²) in [5.41, 5.74) is 6.66. The molecule has 1 aromatic carbocycles. The van der Waals surface area contributed by atoms with Crippen molar-refractivity contribution >= 4 is 28.9 Å². The van der Waals surface area contributed by atoms with Crippen molar-refractivity contribution in [2.24, 2.45) is 0 Å². The smallest absolute Gasteiger partial charge is 0.337 e. The van der Waals surface area contributed by atoms with Crippen LogP contribution in [-0.2, 0) is 4.74 Å². The number of nitrogens with zero attached hydrogens (tertiary/aromatic N) is 1. The Kier molecular flexibility index (Phi) is 3.87. The van der Waals surface area contributed by atoms with Crippen molar-refractivity contribution in [2.45, 2.75) is 26.1 Å². The van der Waals surface area contributed by atoms with Gasteiger partial charge in [0.15, 0.2) is 0 Å². The first-order valence-corrected chi connectivity index (χ1v) is 6.49. The number of nitrogen functional groups attached to an aromatic ring is 1. The van der Waals surface area contributed by atoms with Gasteiger partial charge in [-0.15, -0.1) is 0 Å². The van der Waals surface area contributed by atoms with E-state index in [0.29, 0.717) is 29.5 Å². The molecule has 0 unspecified atom stereocenters. The minimum absolute atomic E-state index is 0.0269. The van der Waals surface area contributed by atoms with Gasteiger partial charge in [0.25, 0.3) is 0 Å². The van der Waals surface area contributed by atoms with Crippen LogP contribution in [0.4, 0.5) is 11.4 Å². The van der Waals surface area contributed by atoms with Gasteiger partial charge >= 0.3 is 5.97 Å². The fraction of sp³-hybridized carbons (Fsp3) is 0.462. The number of halogens is 1. The second kappa shape index (κ2) is 5.27. The summed E-state index contributed by atoms with van der Waals surface area (Å²) in [5.74, 6) is -1.03. The molecular weight excluding hydrogens is 268 g/mol. The van der Waals surface area contributed by atoms with E-state index in [2.05, 4.69) is 0 Å². The molecule has 3 N–H and O–H groups in total. The largest absolute Gasteiger partial charge is 0.478 e. The quantitative estimate of drug-likeness (QED) is 0.815. The molecular formula is C13H17ClN2O3. The van der Waals surface area contributed by atoms with Crippen molar-refractivity contribution in [1.82, 2.24) is 0 Å². The molecule has 2 rings (SSSR count). The molecule has 1 aromatic rings. The van der Waals surface area contributed by atoms with E-state index < -0.39 is 5.97 Å². The van der Waals surface area contributed by atoms with Crippen LogP contribution in [0.5, 0.6) is 0 Å². The summed E-state index contributed by atoms with van der Waals surface area (Å²) < 4.78 is 5.64. The lowest BCUT2D eigenvalue weighted by Crippen LogP contribution is -2.46. The zero-order valence-corrected chi connectivity index (χ0v) is 11.6. The molecule has 0 amide bonds. The van der Waals surface area contributed by atoms with E-state index in [1.165, 1.54) is 6.07 Å². The van der Waals surface area contributed by atoms with E-state index in [4.69, 9.17) is 22.1 Å². The summed E-state index contributed by atoms with van der Waals surface area (Å²) in [6, 6.07) is 3.02. The number of anilines is 2. The third-order valence-corrected chi connectivity index (χ3v) is 3.34. The SMILES string of the molecule is C[C@@H]1CN(c2c(Cl)cc(N)cc2C(=O)O)C[C@H](C)O1. The summed E-state index contributed by atoms with van der Waals surface area (Å²) in [4.78, 5) is 13.3. The van der Waals surface area contributed by atoms with Gasteiger partial charge in [0.05, 0.1) is 28.5 Å². The van der Waals surface area contributed by atoms with Crippen molar-refractivity contribution in [2.75, 3.05) is 23.7 Å². The molecule has 1 saturated heterocycles. The number of hydrogen-bond acceptors (Lipinski definition) is 4. The normalized spacial score (nSPS) is 23.4. The summed E-state index contributed by atoms with van der Waals surface area (Å²) in [7, 11) is 0. The molecule has 0 spiro atoms. The topological polar surface area (TPSA) is 75.8 Å². The minimum Gasteiger partial charge on any atom is -0.478 e. The van der Waals surface area contributed by atoms with Gasteiger partial charge in [-0.25, -0.2) is 4.79 Å². The van der Waals surface area contributed by atoms with Crippen LogP contribution < -0.4 is 10.6 Å². The van der Waals surface area contributed by atoms with Gasteiger partial charge in [-0.3, -0.25) is 0 Å². The van der Waals surface area contributed by atoms with Gasteiger partial charge in [0.1, 0.15) is 0 Å². The van der Waals surface area contributed by atoms with Gasteiger partial charge in [0.2, 0.25) is 0 Å². The first-order valence-electron chi connectivity index (χ1n) is 6.11. The molecule has 1 fully saturated rings. The highest BCUT2D eigenvalue weighted by Gasteiger charge is 2.27. The van der Waals surface area contributed by atoms with E-state index >= 15 is 0 Å². The number of carboxylic acid groups (broad SMARTS) is 1. The molecule has 5 nitrogen and oxygen atoms in total. The number of morpholine rings is 1. The molecule has 19 heavy (non-hydrogen) atoms. The highest BCUT2D eigenvalue weighted by Crippen LogP contribution is 2.34. The van der Waals surface area contributed by atoms with Crippen molar-refractivity contribution in [1.29, 1.82) is 0 Å². The Bertz CT molecular complexity index is 497. The number of aromatic carboxylic acids is 1. The molecule has 1 heterocycles. The number of carboxylic acids is 1. The lowest BCUT2D eigenvalue weighted by Gasteiger charge is -2.37. The zero-order valence-electron chi connectivity index (χ0n) is 10.9. The van der Waals surface area contributed by atoms with Crippen LogP contribution >= 0.6 is 11.6 Å². The predicted molar refractivity (Wildman–Crippen MR) is 75.0 cm³/mol. The Morgan fingerprint density at radius 2 is 2.00 bits per heavy atom. The van der Waals surface area contributed by atoms with E-state index in [9.17, 15) is 9.90 Å². The molecule has 0 aromatic heterocycles. The summed E-state index contributed by atoms with van der Waals surface area (Å²) in [6.45, 7) is 5.12. The fourth-order valence-corrected chi connectivity index (χ4v) is 2.81. The van der Waals surface area contributed by atoms with Gasteiger partial charge in [-0.2, -0.15) is 0 Å². The molecule has 6 heteroatoms. The highest BCUT2D eigenvalue weighted by molar-refractivity contribution is 6.34. The van der Waals surface area contributed by atoms with Crippen LogP contribution in [0, 0.1) is 0 Å². The first-order chi connectivity index (χ1) is 8.88. The predicted octanol–water partition coefficient (Wildman–Crippen LogP) is 2.23. The minimum atomic E-state index is -1.03. The van der Waals surface area contributed by atoms with Crippen molar-refractivity contribution < 1.29 is 14.6 Å². The summed E-state index contributed by atoms with van der Waals surface area (Å²) >= 11 is 6.18. The van der Waals surface area contributed by atoms with Crippen LogP contribution in [0.2, 0.25) is 5.02 Å². The second-order valence-electron chi connectivity index (χ2n) is 4.87. The van der Waals surface area contributed by atoms with Gasteiger partial charge in [-0.05, 0) is 26.0 Å². The van der Waals surface area contributed by atoms with E-state index in [1.54, 1.807) is 6.07 Å². The molecule has 0 saturated carbocycles. The fourth-order valence-electron chi connectivity index (χ4n) is 2.46. The third kappa shape index (κ3) is 2.93. The number of hydrogen-bond donors (Lipinski definition) is 2. The Hall–Kier alpha value is -1.46. The maximum absolute atomic E-state index is 11.4. The third-order valence-electron chi connectivity index (χ3n) is 3.05. The molecule has 0 radical (unpaired) electrons. The second-order valence-corrected chi connectivity index (χ2v) is 5.27. The molecule has 1 aliphatic heterocycles. The number of carbonyl (C=O) groups is 1. The first kappa shape index (κ1) is 14.0. The molecule has 104 valence electrons. The Morgan fingerprint density at radius 1 is 1.42 bits per heavy atom. The average Bonchev–Trinajstić information content (AvgIpc) is 2.25. The zero-order chi connectivity index (χ0) is 14.2. The number of nitrogens with two attached hydrogens (primary N) is 1. The van der Waals surface area contributed by atoms with Crippen molar-refractivity contribution in [3.63, 3.8) is 0 Å². The van der Waals surface area contributed by atoms with Crippen molar-refractivity contribution in [3.8, 4) is 0 Å². The van der Waals surface area contributed by atoms with Crippen LogP contribution in [0.15, 0.2) is 12.1 Å². The average molecular weight is 285 g/mol. The van der Waals surface area contributed by atoms with Crippen molar-refractivity contribution in [3.05, 3.63) is 22.7 Å². The Morgan fingerprint density at radius 3 is 2.53 bits per heavy atom. The van der Waals surface area contributed by atoms with Gasteiger partial charge < -0.3 is 20.5 Å². The summed E-state index contributed by atoms with van der Waals surface area (Å²) in [6.07, 6.45) is 0.0537. The van der Waals surface area contributed by atoms with E-state index in [-0.39, 0.29) is 17.8 Å². The molecule has 2 atom stereocenters. The Labute approximate surface area is 116 Å². The number of ether oxygens (including phenoxy) is 1. The van der Waals surface area contributed by atoms with Gasteiger partial charge in [-0.1, -0.05) is 11.6 Å². The van der Waals surface area contributed by atoms with Crippen LogP contribution in [-0.4, -0.2) is 36.4 Å². The standard InChI is InChI=1S/C13H17ClN2O3/c1-7-5-16(6-8(2)19-7)12-10(13(17)18)3-9(15)4-11(12)14/h3-4,7-8H,5-6,15H2,1-2H3,(H,17,18)/t7-,8+. The Balaban J connectivity index is 2.46. The molecule has 0 aliphatic carbocycles. The van der Waals surface area contributed by atoms with Crippen LogP contribution in [0.1, 0.15) is 24.2 Å². The summed E-state index contributed by atoms with van der Waals surface area (Å²) in [5, 5.41) is 9.66. The maximum Gasteiger partial charge on any atom is 0.337 e. The lowest BCUT2D eigenvalue weighted by atomic mass is 10.1. The van der Waals surface area contributed by atoms with E-state index in [0.717, 1.165) is 0 Å². The molecule has 0 bridgehead atoms.